The summed E-state index contributed by atoms with van der Waals surface area (Å²) in [6.45, 7) is 0. The molecule has 0 aromatic heterocycles. The smallest absolute Gasteiger partial charge is 0.00132 e. The Labute approximate surface area is 298 Å². The molecule has 0 heteroatoms. The number of hydrogen-bond acceptors (Lipinski definition) is 0. The van der Waals surface area contributed by atoms with Gasteiger partial charge in [0.1, 0.15) is 0 Å². The molecule has 9 aromatic carbocycles. The molecule has 0 heterocycles. The standard InChI is InChI=1S/C51H34/c1-3-14-34(15-4-1)40-31-41(35-16-5-2-6-17-35)33-42(32-40)36-19-13-20-38(28-36)50-46-22-9-11-24-48(46)51(49-25-12-10-23-47(49)50)39-26-27-45-43(30-39)29-37-18-7-8-21-44(37)45/h1-28,30-33H,29H2. The maximum atomic E-state index is 2.44. The van der Waals surface area contributed by atoms with E-state index in [1.54, 1.807) is 0 Å². The van der Waals surface area contributed by atoms with Crippen molar-refractivity contribution in [2.24, 2.45) is 0 Å². The molecule has 0 aliphatic heterocycles. The van der Waals surface area contributed by atoms with Crippen LogP contribution >= 0.6 is 0 Å². The van der Waals surface area contributed by atoms with Crippen molar-refractivity contribution in [2.45, 2.75) is 6.42 Å². The first-order chi connectivity index (χ1) is 25.3. The van der Waals surface area contributed by atoms with E-state index in [4.69, 9.17) is 0 Å². The quantitative estimate of drug-likeness (QED) is 0.163. The maximum Gasteiger partial charge on any atom is -0.00132 e. The van der Waals surface area contributed by atoms with Crippen molar-refractivity contribution >= 4 is 21.5 Å². The van der Waals surface area contributed by atoms with Gasteiger partial charge in [-0.3, -0.25) is 0 Å². The summed E-state index contributed by atoms with van der Waals surface area (Å²) in [6, 6.07) is 71.5. The SMILES string of the molecule is c1ccc(-c2cc(-c3ccccc3)cc(-c3cccc(-c4c5ccccc5c(-c5ccc6c(c5)Cc5ccccc5-6)c5ccccc45)c3)c2)cc1. The Balaban J connectivity index is 1.16. The Morgan fingerprint density at radius 3 is 1.24 bits per heavy atom. The molecule has 1 aliphatic rings. The number of benzene rings is 9. The molecule has 0 N–H and O–H groups in total. The second kappa shape index (κ2) is 12.1. The molecule has 1 aliphatic carbocycles. The molecule has 0 saturated carbocycles. The number of rotatable bonds is 5. The zero-order valence-corrected chi connectivity index (χ0v) is 28.2. The van der Waals surface area contributed by atoms with Gasteiger partial charge in [-0.05, 0) is 130 Å². The van der Waals surface area contributed by atoms with Gasteiger partial charge in [0.05, 0.1) is 0 Å². The molecule has 0 bridgehead atoms. The molecule has 0 nitrogen and oxygen atoms in total. The summed E-state index contributed by atoms with van der Waals surface area (Å²) in [4.78, 5) is 0. The molecule has 0 atom stereocenters. The van der Waals surface area contributed by atoms with Gasteiger partial charge < -0.3 is 0 Å². The summed E-state index contributed by atoms with van der Waals surface area (Å²) < 4.78 is 0. The third-order valence-corrected chi connectivity index (χ3v) is 10.6. The molecule has 0 fully saturated rings. The van der Waals surface area contributed by atoms with E-state index in [-0.39, 0.29) is 0 Å². The van der Waals surface area contributed by atoms with Crippen LogP contribution in [0.5, 0.6) is 0 Å². The molecule has 51 heavy (non-hydrogen) atoms. The third-order valence-electron chi connectivity index (χ3n) is 10.6. The highest BCUT2D eigenvalue weighted by Gasteiger charge is 2.21. The van der Waals surface area contributed by atoms with Crippen LogP contribution in [0.15, 0.2) is 194 Å². The lowest BCUT2D eigenvalue weighted by molar-refractivity contribution is 1.26. The predicted octanol–water partition coefficient (Wildman–Crippen LogP) is 13.9. The van der Waals surface area contributed by atoms with E-state index in [9.17, 15) is 0 Å². The molecular formula is C51H34. The van der Waals surface area contributed by atoms with Crippen LogP contribution in [0.1, 0.15) is 11.1 Å². The Morgan fingerprint density at radius 2 is 0.647 bits per heavy atom. The van der Waals surface area contributed by atoms with Gasteiger partial charge in [-0.15, -0.1) is 0 Å². The molecular weight excluding hydrogens is 613 g/mol. The molecule has 0 spiro atoms. The summed E-state index contributed by atoms with van der Waals surface area (Å²) in [5.41, 5.74) is 17.9. The van der Waals surface area contributed by atoms with Crippen molar-refractivity contribution in [1.29, 1.82) is 0 Å². The minimum Gasteiger partial charge on any atom is -0.0622 e. The van der Waals surface area contributed by atoms with Crippen molar-refractivity contribution < 1.29 is 0 Å². The molecule has 0 radical (unpaired) electrons. The zero-order valence-electron chi connectivity index (χ0n) is 28.2. The Bertz CT molecular complexity index is 2640. The van der Waals surface area contributed by atoms with E-state index in [1.165, 1.54) is 99.4 Å². The molecule has 0 unspecified atom stereocenters. The molecule has 10 rings (SSSR count). The summed E-state index contributed by atoms with van der Waals surface area (Å²) in [5.74, 6) is 0. The first-order valence-electron chi connectivity index (χ1n) is 17.8. The van der Waals surface area contributed by atoms with E-state index in [0.717, 1.165) is 6.42 Å². The van der Waals surface area contributed by atoms with Gasteiger partial charge in [-0.1, -0.05) is 170 Å². The third kappa shape index (κ3) is 5.07. The molecule has 0 saturated heterocycles. The predicted molar refractivity (Wildman–Crippen MR) is 217 cm³/mol. The van der Waals surface area contributed by atoms with Crippen LogP contribution in [0.25, 0.3) is 88.3 Å². The van der Waals surface area contributed by atoms with Crippen molar-refractivity contribution in [3.05, 3.63) is 205 Å². The van der Waals surface area contributed by atoms with E-state index in [1.807, 2.05) is 0 Å². The van der Waals surface area contributed by atoms with Crippen LogP contribution in [-0.2, 0) is 6.42 Å². The van der Waals surface area contributed by atoms with Gasteiger partial charge in [0.25, 0.3) is 0 Å². The second-order valence-corrected chi connectivity index (χ2v) is 13.7. The van der Waals surface area contributed by atoms with Crippen LogP contribution < -0.4 is 0 Å². The lowest BCUT2D eigenvalue weighted by Crippen LogP contribution is -1.92. The molecule has 9 aromatic rings. The summed E-state index contributed by atoms with van der Waals surface area (Å²) >= 11 is 0. The van der Waals surface area contributed by atoms with E-state index in [0.29, 0.717) is 0 Å². The highest BCUT2D eigenvalue weighted by molar-refractivity contribution is 6.21. The largest absolute Gasteiger partial charge is 0.0622 e. The lowest BCUT2D eigenvalue weighted by Gasteiger charge is -2.19. The first kappa shape index (κ1) is 29.4. The summed E-state index contributed by atoms with van der Waals surface area (Å²) in [6.07, 6.45) is 0.984. The second-order valence-electron chi connectivity index (χ2n) is 13.7. The maximum absolute atomic E-state index is 2.44. The minimum absolute atomic E-state index is 0.984. The number of fused-ring (bicyclic) bond motifs is 5. The van der Waals surface area contributed by atoms with Crippen LogP contribution in [0.3, 0.4) is 0 Å². The van der Waals surface area contributed by atoms with Crippen LogP contribution in [-0.4, -0.2) is 0 Å². The number of hydrogen-bond donors (Lipinski definition) is 0. The Morgan fingerprint density at radius 1 is 0.235 bits per heavy atom. The van der Waals surface area contributed by atoms with E-state index < -0.39 is 0 Å². The van der Waals surface area contributed by atoms with Crippen LogP contribution in [0.2, 0.25) is 0 Å². The topological polar surface area (TPSA) is 0 Å². The average Bonchev–Trinajstić information content (AvgIpc) is 3.58. The average molecular weight is 647 g/mol. The fraction of sp³-hybridized carbons (Fsp3) is 0.0196. The summed E-state index contributed by atoms with van der Waals surface area (Å²) in [5, 5.41) is 5.11. The normalized spacial score (nSPS) is 11.8. The van der Waals surface area contributed by atoms with Gasteiger partial charge in [0, 0.05) is 0 Å². The van der Waals surface area contributed by atoms with Gasteiger partial charge in [-0.25, -0.2) is 0 Å². The Kier molecular flexibility index (Phi) is 6.99. The van der Waals surface area contributed by atoms with Crippen molar-refractivity contribution in [2.75, 3.05) is 0 Å². The van der Waals surface area contributed by atoms with Crippen molar-refractivity contribution in [3.8, 4) is 66.8 Å². The first-order valence-corrected chi connectivity index (χ1v) is 17.8. The van der Waals surface area contributed by atoms with Crippen LogP contribution in [0.4, 0.5) is 0 Å². The van der Waals surface area contributed by atoms with Gasteiger partial charge in [0.15, 0.2) is 0 Å². The van der Waals surface area contributed by atoms with Crippen molar-refractivity contribution in [1.82, 2.24) is 0 Å². The van der Waals surface area contributed by atoms with Gasteiger partial charge >= 0.3 is 0 Å². The Hall–Kier alpha value is -6.50. The monoisotopic (exact) mass is 646 g/mol. The van der Waals surface area contributed by atoms with Crippen LogP contribution in [0, 0.1) is 0 Å². The lowest BCUT2D eigenvalue weighted by atomic mass is 9.84. The molecule has 0 amide bonds. The fourth-order valence-electron chi connectivity index (χ4n) is 8.29. The van der Waals surface area contributed by atoms with E-state index >= 15 is 0 Å². The highest BCUT2D eigenvalue weighted by atomic mass is 14.2. The highest BCUT2D eigenvalue weighted by Crippen LogP contribution is 2.46. The van der Waals surface area contributed by atoms with E-state index in [2.05, 4.69) is 194 Å². The fourth-order valence-corrected chi connectivity index (χ4v) is 8.29. The minimum atomic E-state index is 0.984. The van der Waals surface area contributed by atoms with Crippen molar-refractivity contribution in [3.63, 3.8) is 0 Å². The summed E-state index contributed by atoms with van der Waals surface area (Å²) in [7, 11) is 0. The van der Waals surface area contributed by atoms with Gasteiger partial charge in [-0.2, -0.15) is 0 Å². The zero-order chi connectivity index (χ0) is 33.7. The molecule has 238 valence electrons. The van der Waals surface area contributed by atoms with Gasteiger partial charge in [0.2, 0.25) is 0 Å².